The van der Waals surface area contributed by atoms with Crippen molar-refractivity contribution in [2.45, 2.75) is 6.42 Å². The van der Waals surface area contributed by atoms with Crippen molar-refractivity contribution in [1.29, 1.82) is 0 Å². The van der Waals surface area contributed by atoms with Crippen molar-refractivity contribution < 1.29 is 9.90 Å². The largest absolute Gasteiger partial charge is 0.506 e. The third-order valence-corrected chi connectivity index (χ3v) is 3.78. The summed E-state index contributed by atoms with van der Waals surface area (Å²) in [6.07, 6.45) is 3.05. The maximum Gasteiger partial charge on any atom is 0.255 e. The zero-order valence-electron chi connectivity index (χ0n) is 11.7. The number of fused-ring (bicyclic) bond motifs is 1. The number of hydrogen-bond acceptors (Lipinski definition) is 3. The van der Waals surface area contributed by atoms with Crippen LogP contribution in [0, 0.1) is 0 Å². The molecule has 0 aliphatic carbocycles. The molecule has 0 aromatic heterocycles. The Morgan fingerprint density at radius 2 is 2.10 bits per heavy atom. The number of hydrogen-bond donors (Lipinski definition) is 3. The molecule has 0 atom stereocenters. The second kappa shape index (κ2) is 5.97. The minimum absolute atomic E-state index is 0.0462. The summed E-state index contributed by atoms with van der Waals surface area (Å²) >= 11 is 0. The number of nitrogens with one attached hydrogen (secondary N) is 2. The van der Waals surface area contributed by atoms with Gasteiger partial charge in [0.1, 0.15) is 5.75 Å². The number of aromatic hydroxyl groups is 1. The Bertz CT molecular complexity index is 707. The first-order valence-corrected chi connectivity index (χ1v) is 7.13. The van der Waals surface area contributed by atoms with E-state index in [1.165, 1.54) is 5.57 Å². The molecule has 4 heteroatoms. The molecule has 0 spiro atoms. The van der Waals surface area contributed by atoms with Gasteiger partial charge in [-0.25, -0.2) is 0 Å². The van der Waals surface area contributed by atoms with Crippen molar-refractivity contribution in [3.63, 3.8) is 0 Å². The fraction of sp³-hybridized carbons (Fsp3) is 0.235. The van der Waals surface area contributed by atoms with Gasteiger partial charge in [0.05, 0.1) is 5.56 Å². The van der Waals surface area contributed by atoms with Crippen molar-refractivity contribution in [1.82, 2.24) is 10.6 Å². The predicted octanol–water partition coefficient (Wildman–Crippen LogP) is 2.19. The van der Waals surface area contributed by atoms with E-state index in [0.29, 0.717) is 17.5 Å². The average molecular weight is 282 g/mol. The molecule has 1 heterocycles. The summed E-state index contributed by atoms with van der Waals surface area (Å²) in [7, 11) is 0. The summed E-state index contributed by atoms with van der Waals surface area (Å²) < 4.78 is 0. The van der Waals surface area contributed by atoms with Crippen LogP contribution in [-0.2, 0) is 0 Å². The zero-order chi connectivity index (χ0) is 14.7. The van der Waals surface area contributed by atoms with Gasteiger partial charge in [-0.05, 0) is 24.4 Å². The molecule has 108 valence electrons. The Hall–Kier alpha value is -2.33. The molecule has 3 N–H and O–H groups in total. The second-order valence-electron chi connectivity index (χ2n) is 5.18. The molecule has 0 unspecified atom stereocenters. The van der Waals surface area contributed by atoms with E-state index >= 15 is 0 Å². The molecule has 1 amide bonds. The molecule has 0 radical (unpaired) electrons. The van der Waals surface area contributed by atoms with E-state index in [1.54, 1.807) is 6.07 Å². The smallest absolute Gasteiger partial charge is 0.255 e. The lowest BCUT2D eigenvalue weighted by Crippen LogP contribution is -2.29. The van der Waals surface area contributed by atoms with E-state index in [9.17, 15) is 9.90 Å². The summed E-state index contributed by atoms with van der Waals surface area (Å²) in [4.78, 5) is 12.2. The summed E-state index contributed by atoms with van der Waals surface area (Å²) in [5, 5.41) is 18.0. The highest BCUT2D eigenvalue weighted by Crippen LogP contribution is 2.28. The number of rotatable bonds is 3. The molecule has 0 fully saturated rings. The number of phenols is 1. The van der Waals surface area contributed by atoms with Crippen molar-refractivity contribution >= 4 is 16.7 Å². The summed E-state index contributed by atoms with van der Waals surface area (Å²) in [6, 6.07) is 11.0. The molecule has 0 bridgehead atoms. The normalized spacial score (nSPS) is 14.8. The van der Waals surface area contributed by atoms with Gasteiger partial charge < -0.3 is 15.7 Å². The molecule has 0 saturated heterocycles. The molecule has 21 heavy (non-hydrogen) atoms. The van der Waals surface area contributed by atoms with E-state index in [0.717, 1.165) is 24.9 Å². The Balaban J connectivity index is 1.78. The first-order chi connectivity index (χ1) is 10.3. The maximum absolute atomic E-state index is 12.2. The Labute approximate surface area is 123 Å². The Kier molecular flexibility index (Phi) is 3.88. The minimum Gasteiger partial charge on any atom is -0.506 e. The Morgan fingerprint density at radius 3 is 2.90 bits per heavy atom. The molecule has 1 aliphatic heterocycles. The van der Waals surface area contributed by atoms with Crippen LogP contribution in [0.5, 0.6) is 5.75 Å². The second-order valence-corrected chi connectivity index (χ2v) is 5.18. The third-order valence-electron chi connectivity index (χ3n) is 3.78. The van der Waals surface area contributed by atoms with Gasteiger partial charge in [0, 0.05) is 18.5 Å². The topological polar surface area (TPSA) is 61.4 Å². The first kappa shape index (κ1) is 13.6. The van der Waals surface area contributed by atoms with Gasteiger partial charge in [0.15, 0.2) is 0 Å². The van der Waals surface area contributed by atoms with Crippen LogP contribution in [0.2, 0.25) is 0 Å². The van der Waals surface area contributed by atoms with Crippen molar-refractivity contribution in [2.75, 3.05) is 19.6 Å². The predicted molar refractivity (Wildman–Crippen MR) is 83.5 cm³/mol. The highest BCUT2D eigenvalue weighted by atomic mass is 16.3. The van der Waals surface area contributed by atoms with Crippen molar-refractivity contribution in [3.8, 4) is 5.75 Å². The van der Waals surface area contributed by atoms with Gasteiger partial charge in [0.2, 0.25) is 0 Å². The van der Waals surface area contributed by atoms with Crippen LogP contribution >= 0.6 is 0 Å². The number of carbonyl (C=O) groups excluding carboxylic acids is 1. The van der Waals surface area contributed by atoms with Crippen LogP contribution in [-0.4, -0.2) is 30.6 Å². The highest BCUT2D eigenvalue weighted by Gasteiger charge is 2.14. The van der Waals surface area contributed by atoms with Crippen LogP contribution < -0.4 is 10.6 Å². The zero-order valence-corrected chi connectivity index (χ0v) is 11.7. The van der Waals surface area contributed by atoms with Gasteiger partial charge in [-0.2, -0.15) is 0 Å². The fourth-order valence-corrected chi connectivity index (χ4v) is 2.56. The van der Waals surface area contributed by atoms with E-state index < -0.39 is 0 Å². The number of benzene rings is 2. The van der Waals surface area contributed by atoms with E-state index in [-0.39, 0.29) is 11.7 Å². The third kappa shape index (κ3) is 2.90. The fourth-order valence-electron chi connectivity index (χ4n) is 2.56. The standard InChI is InChI=1S/C17H18N2O2/c20-16-14-4-2-1-3-13(14)5-6-15(16)17(21)19-11-12-7-9-18-10-8-12/h1-7,18,20H,8-11H2,(H,19,21). The van der Waals surface area contributed by atoms with Crippen LogP contribution in [0.3, 0.4) is 0 Å². The van der Waals surface area contributed by atoms with Crippen LogP contribution in [0.1, 0.15) is 16.8 Å². The Morgan fingerprint density at radius 1 is 1.24 bits per heavy atom. The van der Waals surface area contributed by atoms with Crippen LogP contribution in [0.4, 0.5) is 0 Å². The molecule has 1 aliphatic rings. The summed E-state index contributed by atoms with van der Waals surface area (Å²) in [5.41, 5.74) is 1.55. The van der Waals surface area contributed by atoms with Gasteiger partial charge >= 0.3 is 0 Å². The quantitative estimate of drug-likeness (QED) is 0.756. The average Bonchev–Trinajstić information content (AvgIpc) is 2.54. The number of carbonyl (C=O) groups is 1. The van der Waals surface area contributed by atoms with Crippen molar-refractivity contribution in [2.24, 2.45) is 0 Å². The molecule has 0 saturated carbocycles. The lowest BCUT2D eigenvalue weighted by atomic mass is 10.0. The lowest BCUT2D eigenvalue weighted by molar-refractivity contribution is 0.0954. The van der Waals surface area contributed by atoms with Crippen molar-refractivity contribution in [3.05, 3.63) is 53.6 Å². The minimum atomic E-state index is -0.238. The van der Waals surface area contributed by atoms with E-state index in [1.807, 2.05) is 30.3 Å². The molecule has 2 aromatic rings. The van der Waals surface area contributed by atoms with E-state index in [2.05, 4.69) is 16.7 Å². The van der Waals surface area contributed by atoms with Gasteiger partial charge in [-0.1, -0.05) is 42.0 Å². The molecule has 2 aromatic carbocycles. The van der Waals surface area contributed by atoms with Gasteiger partial charge in [-0.3, -0.25) is 4.79 Å². The maximum atomic E-state index is 12.2. The number of phenolic OH excluding ortho intramolecular Hbond substituents is 1. The summed E-state index contributed by atoms with van der Waals surface area (Å²) in [5.74, 6) is -0.192. The molecule has 4 nitrogen and oxygen atoms in total. The van der Waals surface area contributed by atoms with Crippen LogP contribution in [0.25, 0.3) is 10.8 Å². The van der Waals surface area contributed by atoms with Gasteiger partial charge in [0.25, 0.3) is 5.91 Å². The molecular weight excluding hydrogens is 264 g/mol. The SMILES string of the molecule is O=C(NCC1=CCNCC1)c1ccc2ccccc2c1O. The molecule has 3 rings (SSSR count). The molecular formula is C17H18N2O2. The van der Waals surface area contributed by atoms with E-state index in [4.69, 9.17) is 0 Å². The lowest BCUT2D eigenvalue weighted by Gasteiger charge is -2.15. The monoisotopic (exact) mass is 282 g/mol. The summed E-state index contributed by atoms with van der Waals surface area (Å²) in [6.45, 7) is 2.34. The number of amides is 1. The highest BCUT2D eigenvalue weighted by molar-refractivity contribution is 6.03. The first-order valence-electron chi connectivity index (χ1n) is 7.13. The van der Waals surface area contributed by atoms with Gasteiger partial charge in [-0.15, -0.1) is 0 Å². The van der Waals surface area contributed by atoms with Crippen LogP contribution in [0.15, 0.2) is 48.0 Å².